The smallest absolute Gasteiger partial charge is 0.338 e. The molecule has 0 amide bonds. The third-order valence-electron chi connectivity index (χ3n) is 4.90. The van der Waals surface area contributed by atoms with Gasteiger partial charge in [-0.3, -0.25) is 0 Å². The Labute approximate surface area is 163 Å². The number of hydrogen-bond donors (Lipinski definition) is 0. The first-order valence-electron chi connectivity index (χ1n) is 9.37. The molecule has 2 fully saturated rings. The molecular formula is C22H22O6. The summed E-state index contributed by atoms with van der Waals surface area (Å²) in [7, 11) is 0. The molecule has 0 bridgehead atoms. The SMILES string of the molecule is CC(c1ccc(C(=O)OCC2CO2)cc1)c1ccc(C(=O)OCC2CO2)cc1. The van der Waals surface area contributed by atoms with E-state index >= 15 is 0 Å². The Kier molecular flexibility index (Phi) is 5.41. The molecule has 2 saturated heterocycles. The van der Waals surface area contributed by atoms with E-state index in [-0.39, 0.29) is 30.1 Å². The number of ether oxygens (including phenoxy) is 4. The van der Waals surface area contributed by atoms with Gasteiger partial charge in [-0.05, 0) is 35.4 Å². The van der Waals surface area contributed by atoms with Gasteiger partial charge in [-0.1, -0.05) is 31.2 Å². The van der Waals surface area contributed by atoms with Crippen molar-refractivity contribution in [1.29, 1.82) is 0 Å². The van der Waals surface area contributed by atoms with Gasteiger partial charge in [-0.15, -0.1) is 0 Å². The molecule has 0 radical (unpaired) electrons. The molecule has 2 aromatic rings. The monoisotopic (exact) mass is 382 g/mol. The number of benzene rings is 2. The average molecular weight is 382 g/mol. The molecule has 2 aromatic carbocycles. The molecule has 0 aromatic heterocycles. The summed E-state index contributed by atoms with van der Waals surface area (Å²) in [5, 5.41) is 0. The van der Waals surface area contributed by atoms with Crippen LogP contribution in [-0.2, 0) is 18.9 Å². The average Bonchev–Trinajstić information content (AvgIpc) is 3.64. The number of hydrogen-bond acceptors (Lipinski definition) is 6. The Morgan fingerprint density at radius 1 is 0.821 bits per heavy atom. The quantitative estimate of drug-likeness (QED) is 0.516. The van der Waals surface area contributed by atoms with Crippen molar-refractivity contribution in [2.24, 2.45) is 0 Å². The highest BCUT2D eigenvalue weighted by atomic mass is 16.6. The molecule has 2 unspecified atom stereocenters. The van der Waals surface area contributed by atoms with Crippen LogP contribution in [0.1, 0.15) is 44.7 Å². The van der Waals surface area contributed by atoms with E-state index in [0.29, 0.717) is 37.6 Å². The number of carbonyl (C=O) groups excluding carboxylic acids is 2. The van der Waals surface area contributed by atoms with E-state index in [1.54, 1.807) is 24.3 Å². The second kappa shape index (κ2) is 8.12. The van der Waals surface area contributed by atoms with Crippen LogP contribution in [0.2, 0.25) is 0 Å². The molecule has 146 valence electrons. The first-order valence-corrected chi connectivity index (χ1v) is 9.37. The fraction of sp³-hybridized carbons (Fsp3) is 0.364. The van der Waals surface area contributed by atoms with Gasteiger partial charge in [0.25, 0.3) is 0 Å². The van der Waals surface area contributed by atoms with Gasteiger partial charge in [-0.25, -0.2) is 9.59 Å². The van der Waals surface area contributed by atoms with E-state index in [4.69, 9.17) is 18.9 Å². The summed E-state index contributed by atoms with van der Waals surface area (Å²) in [5.74, 6) is -0.557. The standard InChI is InChI=1S/C22H22O6/c1-14(15-2-6-17(7-3-15)21(23)27-12-19-10-25-19)16-4-8-18(9-5-16)22(24)28-13-20-11-26-20/h2-9,14,19-20H,10-13H2,1H3. The van der Waals surface area contributed by atoms with Crippen molar-refractivity contribution in [2.45, 2.75) is 25.0 Å². The second-order valence-electron chi connectivity index (χ2n) is 7.07. The van der Waals surface area contributed by atoms with Crippen molar-refractivity contribution in [2.75, 3.05) is 26.4 Å². The lowest BCUT2D eigenvalue weighted by Gasteiger charge is -2.13. The normalized spacial score (nSPS) is 20.9. The molecule has 0 saturated carbocycles. The molecule has 0 spiro atoms. The highest BCUT2D eigenvalue weighted by molar-refractivity contribution is 5.90. The summed E-state index contributed by atoms with van der Waals surface area (Å²) in [6.45, 7) is 4.01. The molecule has 6 heteroatoms. The van der Waals surface area contributed by atoms with Crippen molar-refractivity contribution in [3.63, 3.8) is 0 Å². The Morgan fingerprint density at radius 2 is 1.18 bits per heavy atom. The van der Waals surface area contributed by atoms with Crippen LogP contribution in [0, 0.1) is 0 Å². The topological polar surface area (TPSA) is 77.7 Å². The van der Waals surface area contributed by atoms with Crippen LogP contribution in [0.25, 0.3) is 0 Å². The van der Waals surface area contributed by atoms with E-state index in [9.17, 15) is 9.59 Å². The molecule has 28 heavy (non-hydrogen) atoms. The third kappa shape index (κ3) is 4.77. The van der Waals surface area contributed by atoms with Gasteiger partial charge in [0.1, 0.15) is 25.4 Å². The molecule has 0 aliphatic carbocycles. The summed E-state index contributed by atoms with van der Waals surface area (Å²) in [4.78, 5) is 24.0. The summed E-state index contributed by atoms with van der Waals surface area (Å²) < 4.78 is 20.5. The van der Waals surface area contributed by atoms with Crippen LogP contribution >= 0.6 is 0 Å². The zero-order chi connectivity index (χ0) is 19.5. The highest BCUT2D eigenvalue weighted by Crippen LogP contribution is 2.25. The minimum absolute atomic E-state index is 0.0607. The fourth-order valence-electron chi connectivity index (χ4n) is 2.84. The van der Waals surface area contributed by atoms with Crippen molar-refractivity contribution in [3.05, 3.63) is 70.8 Å². The molecule has 0 N–H and O–H groups in total. The summed E-state index contributed by atoms with van der Waals surface area (Å²) in [6, 6.07) is 14.8. The van der Waals surface area contributed by atoms with Crippen molar-refractivity contribution >= 4 is 11.9 Å². The van der Waals surface area contributed by atoms with Gasteiger partial charge in [-0.2, -0.15) is 0 Å². The second-order valence-corrected chi connectivity index (χ2v) is 7.07. The number of epoxide rings is 2. The Balaban J connectivity index is 1.35. The van der Waals surface area contributed by atoms with Crippen molar-refractivity contribution in [3.8, 4) is 0 Å². The minimum atomic E-state index is -0.339. The number of carbonyl (C=O) groups is 2. The summed E-state index contributed by atoms with van der Waals surface area (Å²) >= 11 is 0. The zero-order valence-electron chi connectivity index (χ0n) is 15.6. The molecule has 4 rings (SSSR count). The van der Waals surface area contributed by atoms with Gasteiger partial charge in [0, 0.05) is 5.92 Å². The van der Waals surface area contributed by atoms with E-state index in [0.717, 1.165) is 11.1 Å². The zero-order valence-corrected chi connectivity index (χ0v) is 15.6. The lowest BCUT2D eigenvalue weighted by molar-refractivity contribution is 0.0468. The summed E-state index contributed by atoms with van der Waals surface area (Å²) in [5.41, 5.74) is 3.19. The lowest BCUT2D eigenvalue weighted by atomic mass is 9.92. The van der Waals surface area contributed by atoms with Crippen LogP contribution in [0.5, 0.6) is 0 Å². The molecular weight excluding hydrogens is 360 g/mol. The molecule has 2 atom stereocenters. The van der Waals surface area contributed by atoms with E-state index in [1.165, 1.54) is 0 Å². The maximum Gasteiger partial charge on any atom is 0.338 e. The van der Waals surface area contributed by atoms with Crippen LogP contribution in [0.4, 0.5) is 0 Å². The van der Waals surface area contributed by atoms with Crippen LogP contribution in [-0.4, -0.2) is 50.6 Å². The van der Waals surface area contributed by atoms with Crippen molar-refractivity contribution < 1.29 is 28.5 Å². The summed E-state index contributed by atoms with van der Waals surface area (Å²) in [6.07, 6.45) is 0.121. The van der Waals surface area contributed by atoms with Gasteiger partial charge >= 0.3 is 11.9 Å². The highest BCUT2D eigenvalue weighted by Gasteiger charge is 2.25. The first kappa shape index (κ1) is 18.7. The predicted molar refractivity (Wildman–Crippen MR) is 100 cm³/mol. The molecule has 2 aliphatic heterocycles. The van der Waals surface area contributed by atoms with E-state index in [1.807, 2.05) is 24.3 Å². The third-order valence-corrected chi connectivity index (χ3v) is 4.90. The Bertz CT molecular complexity index is 763. The maximum absolute atomic E-state index is 12.0. The van der Waals surface area contributed by atoms with Crippen LogP contribution in [0.15, 0.2) is 48.5 Å². The minimum Gasteiger partial charge on any atom is -0.459 e. The Hall–Kier alpha value is -2.70. The van der Waals surface area contributed by atoms with Gasteiger partial charge < -0.3 is 18.9 Å². The fourth-order valence-corrected chi connectivity index (χ4v) is 2.84. The first-order chi connectivity index (χ1) is 13.6. The maximum atomic E-state index is 12.0. The van der Waals surface area contributed by atoms with E-state index < -0.39 is 0 Å². The van der Waals surface area contributed by atoms with Crippen LogP contribution < -0.4 is 0 Å². The van der Waals surface area contributed by atoms with E-state index in [2.05, 4.69) is 6.92 Å². The number of esters is 2. The molecule has 6 nitrogen and oxygen atoms in total. The largest absolute Gasteiger partial charge is 0.459 e. The Morgan fingerprint density at radius 3 is 1.50 bits per heavy atom. The lowest BCUT2D eigenvalue weighted by Crippen LogP contribution is -2.10. The van der Waals surface area contributed by atoms with Gasteiger partial charge in [0.05, 0.1) is 24.3 Å². The van der Waals surface area contributed by atoms with Gasteiger partial charge in [0.15, 0.2) is 0 Å². The molecule has 2 heterocycles. The van der Waals surface area contributed by atoms with Crippen LogP contribution in [0.3, 0.4) is 0 Å². The number of rotatable bonds is 8. The van der Waals surface area contributed by atoms with Gasteiger partial charge in [0.2, 0.25) is 0 Å². The predicted octanol–water partition coefficient (Wildman–Crippen LogP) is 2.95. The van der Waals surface area contributed by atoms with Crippen molar-refractivity contribution in [1.82, 2.24) is 0 Å². The molecule has 2 aliphatic rings.